The standard InChI is InChI=1S/C14H26N2O3/c1-3-5-14(19)16-9-12(6-4-7-17)8-13(10-16)15-11(2)18/h12-13,17H,3-10H2,1-2H3,(H,15,18). The van der Waals surface area contributed by atoms with Crippen molar-refractivity contribution in [1.29, 1.82) is 0 Å². The summed E-state index contributed by atoms with van der Waals surface area (Å²) in [6.45, 7) is 5.07. The molecule has 2 unspecified atom stereocenters. The molecule has 1 rings (SSSR count). The number of hydrogen-bond donors (Lipinski definition) is 2. The highest BCUT2D eigenvalue weighted by Crippen LogP contribution is 2.22. The van der Waals surface area contributed by atoms with Gasteiger partial charge in [-0.1, -0.05) is 6.92 Å². The number of piperidine rings is 1. The number of carbonyl (C=O) groups excluding carboxylic acids is 2. The summed E-state index contributed by atoms with van der Waals surface area (Å²) in [4.78, 5) is 25.1. The van der Waals surface area contributed by atoms with Crippen molar-refractivity contribution in [2.45, 2.75) is 52.0 Å². The van der Waals surface area contributed by atoms with E-state index >= 15 is 0 Å². The quantitative estimate of drug-likeness (QED) is 0.754. The van der Waals surface area contributed by atoms with E-state index in [1.807, 2.05) is 11.8 Å². The molecule has 2 amide bonds. The van der Waals surface area contributed by atoms with Crippen molar-refractivity contribution in [1.82, 2.24) is 10.2 Å². The summed E-state index contributed by atoms with van der Waals surface area (Å²) in [5.74, 6) is 0.501. The summed E-state index contributed by atoms with van der Waals surface area (Å²) in [5, 5.41) is 11.8. The fourth-order valence-corrected chi connectivity index (χ4v) is 2.76. The van der Waals surface area contributed by atoms with Gasteiger partial charge in [0.1, 0.15) is 0 Å². The molecular weight excluding hydrogens is 244 g/mol. The van der Waals surface area contributed by atoms with Gasteiger partial charge in [0.15, 0.2) is 0 Å². The van der Waals surface area contributed by atoms with Gasteiger partial charge in [0.25, 0.3) is 0 Å². The van der Waals surface area contributed by atoms with Crippen molar-refractivity contribution >= 4 is 11.8 Å². The molecule has 0 saturated carbocycles. The molecule has 19 heavy (non-hydrogen) atoms. The summed E-state index contributed by atoms with van der Waals surface area (Å²) in [6, 6.07) is 0.0516. The van der Waals surface area contributed by atoms with Crippen LogP contribution in [0.1, 0.15) is 46.0 Å². The summed E-state index contributed by atoms with van der Waals surface area (Å²) in [5.41, 5.74) is 0. The Morgan fingerprint density at radius 3 is 2.68 bits per heavy atom. The molecule has 0 aromatic carbocycles. The predicted octanol–water partition coefficient (Wildman–Crippen LogP) is 0.912. The molecular formula is C14H26N2O3. The van der Waals surface area contributed by atoms with Crippen molar-refractivity contribution in [3.8, 4) is 0 Å². The van der Waals surface area contributed by atoms with Gasteiger partial charge in [-0.15, -0.1) is 0 Å². The zero-order valence-electron chi connectivity index (χ0n) is 12.0. The number of rotatable bonds is 6. The highest BCUT2D eigenvalue weighted by molar-refractivity contribution is 5.77. The van der Waals surface area contributed by atoms with E-state index in [2.05, 4.69) is 5.32 Å². The molecule has 2 N–H and O–H groups in total. The van der Waals surface area contributed by atoms with E-state index in [-0.39, 0.29) is 24.5 Å². The maximum Gasteiger partial charge on any atom is 0.222 e. The molecule has 0 radical (unpaired) electrons. The Morgan fingerprint density at radius 1 is 1.37 bits per heavy atom. The van der Waals surface area contributed by atoms with Crippen LogP contribution in [0, 0.1) is 5.92 Å². The first kappa shape index (κ1) is 16.0. The van der Waals surface area contributed by atoms with Gasteiger partial charge < -0.3 is 15.3 Å². The molecule has 1 fully saturated rings. The van der Waals surface area contributed by atoms with Crippen LogP contribution in [-0.4, -0.2) is 47.6 Å². The highest BCUT2D eigenvalue weighted by atomic mass is 16.3. The maximum absolute atomic E-state index is 12.0. The third-order valence-electron chi connectivity index (χ3n) is 3.53. The molecule has 0 aliphatic carbocycles. The van der Waals surface area contributed by atoms with Gasteiger partial charge in [0.05, 0.1) is 0 Å². The Kier molecular flexibility index (Phi) is 6.84. The first-order valence-electron chi connectivity index (χ1n) is 7.22. The Labute approximate surface area is 115 Å². The van der Waals surface area contributed by atoms with Gasteiger partial charge in [0, 0.05) is 39.1 Å². The fourth-order valence-electron chi connectivity index (χ4n) is 2.76. The number of nitrogens with one attached hydrogen (secondary N) is 1. The number of hydrogen-bond acceptors (Lipinski definition) is 3. The molecule has 5 heteroatoms. The second-order valence-corrected chi connectivity index (χ2v) is 5.41. The van der Waals surface area contributed by atoms with E-state index in [1.54, 1.807) is 0 Å². The van der Waals surface area contributed by atoms with Crippen LogP contribution in [-0.2, 0) is 9.59 Å². The van der Waals surface area contributed by atoms with Crippen LogP contribution in [0.4, 0.5) is 0 Å². The lowest BCUT2D eigenvalue weighted by atomic mass is 9.90. The summed E-state index contributed by atoms with van der Waals surface area (Å²) in [7, 11) is 0. The molecule has 0 aromatic rings. The van der Waals surface area contributed by atoms with Crippen molar-refractivity contribution < 1.29 is 14.7 Å². The second-order valence-electron chi connectivity index (χ2n) is 5.41. The van der Waals surface area contributed by atoms with Gasteiger partial charge in [0.2, 0.25) is 11.8 Å². The minimum atomic E-state index is -0.0456. The zero-order chi connectivity index (χ0) is 14.3. The van der Waals surface area contributed by atoms with Crippen molar-refractivity contribution in [2.75, 3.05) is 19.7 Å². The van der Waals surface area contributed by atoms with E-state index < -0.39 is 0 Å². The predicted molar refractivity (Wildman–Crippen MR) is 73.5 cm³/mol. The number of aliphatic hydroxyl groups is 1. The third-order valence-corrected chi connectivity index (χ3v) is 3.53. The van der Waals surface area contributed by atoms with Crippen LogP contribution in [0.2, 0.25) is 0 Å². The second kappa shape index (κ2) is 8.15. The normalized spacial score (nSPS) is 23.2. The first-order chi connectivity index (χ1) is 9.06. The van der Waals surface area contributed by atoms with Crippen LogP contribution < -0.4 is 5.32 Å². The molecule has 1 saturated heterocycles. The molecule has 1 aliphatic heterocycles. The Morgan fingerprint density at radius 2 is 2.11 bits per heavy atom. The molecule has 110 valence electrons. The largest absolute Gasteiger partial charge is 0.396 e. The topological polar surface area (TPSA) is 69.6 Å². The van der Waals surface area contributed by atoms with Crippen LogP contribution in [0.3, 0.4) is 0 Å². The van der Waals surface area contributed by atoms with E-state index in [0.29, 0.717) is 18.9 Å². The Bertz CT molecular complexity index is 307. The lowest BCUT2D eigenvalue weighted by Crippen LogP contribution is -2.52. The lowest BCUT2D eigenvalue weighted by molar-refractivity contribution is -0.134. The summed E-state index contributed by atoms with van der Waals surface area (Å²) >= 11 is 0. The summed E-state index contributed by atoms with van der Waals surface area (Å²) < 4.78 is 0. The molecule has 0 bridgehead atoms. The van der Waals surface area contributed by atoms with Gasteiger partial charge in [-0.25, -0.2) is 0 Å². The van der Waals surface area contributed by atoms with Gasteiger partial charge in [-0.2, -0.15) is 0 Å². The first-order valence-corrected chi connectivity index (χ1v) is 7.22. The van der Waals surface area contributed by atoms with E-state index in [9.17, 15) is 9.59 Å². The van der Waals surface area contributed by atoms with Crippen LogP contribution in [0.15, 0.2) is 0 Å². The smallest absolute Gasteiger partial charge is 0.222 e. The van der Waals surface area contributed by atoms with E-state index in [1.165, 1.54) is 6.92 Å². The van der Waals surface area contributed by atoms with Gasteiger partial charge in [-0.3, -0.25) is 9.59 Å². The average Bonchev–Trinajstić information content (AvgIpc) is 2.35. The zero-order valence-corrected chi connectivity index (χ0v) is 12.0. The van der Waals surface area contributed by atoms with E-state index in [4.69, 9.17) is 5.11 Å². The minimum Gasteiger partial charge on any atom is -0.396 e. The van der Waals surface area contributed by atoms with E-state index in [0.717, 1.165) is 32.2 Å². The van der Waals surface area contributed by atoms with Crippen LogP contribution >= 0.6 is 0 Å². The van der Waals surface area contributed by atoms with Crippen molar-refractivity contribution in [3.63, 3.8) is 0 Å². The molecule has 5 nitrogen and oxygen atoms in total. The van der Waals surface area contributed by atoms with Crippen LogP contribution in [0.25, 0.3) is 0 Å². The molecule has 2 atom stereocenters. The number of aliphatic hydroxyl groups excluding tert-OH is 1. The monoisotopic (exact) mass is 270 g/mol. The summed E-state index contributed by atoms with van der Waals surface area (Å²) in [6.07, 6.45) is 3.98. The SMILES string of the molecule is CCCC(=O)N1CC(CCCO)CC(NC(C)=O)C1. The van der Waals surface area contributed by atoms with Gasteiger partial charge in [-0.05, 0) is 31.6 Å². The molecule has 0 spiro atoms. The molecule has 1 aliphatic rings. The molecule has 1 heterocycles. The lowest BCUT2D eigenvalue weighted by Gasteiger charge is -2.38. The number of likely N-dealkylation sites (tertiary alicyclic amines) is 1. The number of amides is 2. The average molecular weight is 270 g/mol. The minimum absolute atomic E-state index is 0.0456. The Hall–Kier alpha value is -1.10. The molecule has 0 aromatic heterocycles. The number of carbonyl (C=O) groups is 2. The maximum atomic E-state index is 12.0. The van der Waals surface area contributed by atoms with Crippen molar-refractivity contribution in [3.05, 3.63) is 0 Å². The van der Waals surface area contributed by atoms with Gasteiger partial charge >= 0.3 is 0 Å². The fraction of sp³-hybridized carbons (Fsp3) is 0.857. The highest BCUT2D eigenvalue weighted by Gasteiger charge is 2.29. The van der Waals surface area contributed by atoms with Crippen molar-refractivity contribution in [2.24, 2.45) is 5.92 Å². The number of nitrogens with zero attached hydrogens (tertiary/aromatic N) is 1. The Balaban J connectivity index is 2.60. The third kappa shape index (κ3) is 5.59. The van der Waals surface area contributed by atoms with Crippen LogP contribution in [0.5, 0.6) is 0 Å².